The Hall–Kier alpha value is -2.86. The van der Waals surface area contributed by atoms with E-state index in [0.717, 1.165) is 11.3 Å². The Bertz CT molecular complexity index is 910. The van der Waals surface area contributed by atoms with E-state index in [1.54, 1.807) is 0 Å². The molecule has 0 saturated carbocycles. The van der Waals surface area contributed by atoms with Crippen LogP contribution in [0.1, 0.15) is 29.9 Å². The molecule has 1 aromatic carbocycles. The number of hydrogen-bond donors (Lipinski definition) is 0. The standard InChI is InChI=1S/C21H23N3O3/c1-15-11-24(12-16(2)27-15)21(25)18-7-3-4-8-19(18)26-14-17-13-23-10-6-5-9-20(23)22-17/h3-10,13,15-16H,11-12,14H2,1-2H3. The summed E-state index contributed by atoms with van der Waals surface area (Å²) in [6.45, 7) is 5.46. The highest BCUT2D eigenvalue weighted by atomic mass is 16.5. The largest absolute Gasteiger partial charge is 0.486 e. The lowest BCUT2D eigenvalue weighted by molar-refractivity contribution is -0.0586. The average Bonchev–Trinajstić information content (AvgIpc) is 3.08. The van der Waals surface area contributed by atoms with Crippen LogP contribution in [0.5, 0.6) is 5.75 Å². The zero-order valence-electron chi connectivity index (χ0n) is 15.5. The van der Waals surface area contributed by atoms with Crippen molar-refractivity contribution in [2.24, 2.45) is 0 Å². The molecule has 2 atom stereocenters. The Kier molecular flexibility index (Phi) is 4.81. The fourth-order valence-electron chi connectivity index (χ4n) is 3.49. The van der Waals surface area contributed by atoms with Crippen LogP contribution in [-0.4, -0.2) is 45.5 Å². The number of benzene rings is 1. The number of pyridine rings is 1. The molecule has 3 aromatic rings. The quantitative estimate of drug-likeness (QED) is 0.713. The number of carbonyl (C=O) groups excluding carboxylic acids is 1. The summed E-state index contributed by atoms with van der Waals surface area (Å²) >= 11 is 0. The van der Waals surface area contributed by atoms with E-state index < -0.39 is 0 Å². The van der Waals surface area contributed by atoms with Gasteiger partial charge in [0.05, 0.1) is 23.5 Å². The number of rotatable bonds is 4. The van der Waals surface area contributed by atoms with E-state index in [9.17, 15) is 4.79 Å². The van der Waals surface area contributed by atoms with Gasteiger partial charge in [0.2, 0.25) is 0 Å². The van der Waals surface area contributed by atoms with Crippen LogP contribution in [0.15, 0.2) is 54.9 Å². The van der Waals surface area contributed by atoms with Crippen LogP contribution in [0.3, 0.4) is 0 Å². The molecular weight excluding hydrogens is 342 g/mol. The molecule has 0 bridgehead atoms. The summed E-state index contributed by atoms with van der Waals surface area (Å²) in [7, 11) is 0. The third kappa shape index (κ3) is 3.80. The minimum Gasteiger partial charge on any atom is -0.486 e. The van der Waals surface area contributed by atoms with Gasteiger partial charge in [0.15, 0.2) is 0 Å². The van der Waals surface area contributed by atoms with E-state index >= 15 is 0 Å². The molecule has 140 valence electrons. The summed E-state index contributed by atoms with van der Waals surface area (Å²) < 4.78 is 13.6. The molecule has 0 N–H and O–H groups in total. The van der Waals surface area contributed by atoms with Crippen molar-refractivity contribution in [1.29, 1.82) is 0 Å². The van der Waals surface area contributed by atoms with Crippen LogP contribution in [0.2, 0.25) is 0 Å². The van der Waals surface area contributed by atoms with Gasteiger partial charge >= 0.3 is 0 Å². The van der Waals surface area contributed by atoms with E-state index in [1.165, 1.54) is 0 Å². The Morgan fingerprint density at radius 1 is 1.15 bits per heavy atom. The molecular formula is C21H23N3O3. The van der Waals surface area contributed by atoms with Gasteiger partial charge in [-0.2, -0.15) is 0 Å². The van der Waals surface area contributed by atoms with Gasteiger partial charge in [-0.25, -0.2) is 4.98 Å². The van der Waals surface area contributed by atoms with Crippen LogP contribution >= 0.6 is 0 Å². The molecule has 6 heteroatoms. The predicted molar refractivity (Wildman–Crippen MR) is 102 cm³/mol. The second-order valence-corrected chi connectivity index (χ2v) is 6.95. The Labute approximate surface area is 158 Å². The molecule has 6 nitrogen and oxygen atoms in total. The number of amides is 1. The SMILES string of the molecule is CC1CN(C(=O)c2ccccc2OCc2cn3ccccc3n2)CC(C)O1. The molecule has 2 unspecified atom stereocenters. The number of imidazole rings is 1. The average molecular weight is 365 g/mol. The molecule has 1 amide bonds. The lowest BCUT2D eigenvalue weighted by Crippen LogP contribution is -2.48. The summed E-state index contributed by atoms with van der Waals surface area (Å²) in [6.07, 6.45) is 3.95. The fraction of sp³-hybridized carbons (Fsp3) is 0.333. The van der Waals surface area contributed by atoms with Crippen molar-refractivity contribution in [3.05, 3.63) is 66.1 Å². The Balaban J connectivity index is 1.51. The molecule has 0 radical (unpaired) electrons. The smallest absolute Gasteiger partial charge is 0.257 e. The first kappa shape index (κ1) is 17.5. The van der Waals surface area contributed by atoms with Crippen LogP contribution in [0, 0.1) is 0 Å². The van der Waals surface area contributed by atoms with Gasteiger partial charge in [-0.15, -0.1) is 0 Å². The van der Waals surface area contributed by atoms with Gasteiger partial charge in [0.1, 0.15) is 18.0 Å². The number of para-hydroxylation sites is 1. The fourth-order valence-corrected chi connectivity index (χ4v) is 3.49. The highest BCUT2D eigenvalue weighted by molar-refractivity contribution is 5.97. The summed E-state index contributed by atoms with van der Waals surface area (Å²) in [5, 5.41) is 0. The zero-order chi connectivity index (χ0) is 18.8. The second-order valence-electron chi connectivity index (χ2n) is 6.95. The Morgan fingerprint density at radius 3 is 2.67 bits per heavy atom. The molecule has 3 heterocycles. The Morgan fingerprint density at radius 2 is 1.89 bits per heavy atom. The molecule has 2 aromatic heterocycles. The van der Waals surface area contributed by atoms with Crippen LogP contribution < -0.4 is 4.74 Å². The first-order valence-corrected chi connectivity index (χ1v) is 9.19. The summed E-state index contributed by atoms with van der Waals surface area (Å²) in [6, 6.07) is 13.2. The highest BCUT2D eigenvalue weighted by Crippen LogP contribution is 2.23. The lowest BCUT2D eigenvalue weighted by Gasteiger charge is -2.35. The van der Waals surface area contributed by atoms with E-state index in [0.29, 0.717) is 31.0 Å². The van der Waals surface area contributed by atoms with Gasteiger partial charge in [-0.05, 0) is 38.1 Å². The van der Waals surface area contributed by atoms with Crippen molar-refractivity contribution in [1.82, 2.24) is 14.3 Å². The van der Waals surface area contributed by atoms with Crippen LogP contribution in [0.25, 0.3) is 5.65 Å². The number of hydrogen-bond acceptors (Lipinski definition) is 4. The predicted octanol–water partition coefficient (Wildman–Crippen LogP) is 3.16. The first-order valence-electron chi connectivity index (χ1n) is 9.19. The summed E-state index contributed by atoms with van der Waals surface area (Å²) in [5.41, 5.74) is 2.26. The van der Waals surface area contributed by atoms with Gasteiger partial charge < -0.3 is 18.8 Å². The third-order valence-electron chi connectivity index (χ3n) is 4.61. The molecule has 0 aliphatic carbocycles. The van der Waals surface area contributed by atoms with Gasteiger partial charge in [0, 0.05) is 25.5 Å². The summed E-state index contributed by atoms with van der Waals surface area (Å²) in [5.74, 6) is 0.550. The van der Waals surface area contributed by atoms with Crippen molar-refractivity contribution in [3.8, 4) is 5.75 Å². The summed E-state index contributed by atoms with van der Waals surface area (Å²) in [4.78, 5) is 19.4. The normalized spacial score (nSPS) is 20.0. The second kappa shape index (κ2) is 7.40. The zero-order valence-corrected chi connectivity index (χ0v) is 15.5. The van der Waals surface area contributed by atoms with Gasteiger partial charge in [-0.1, -0.05) is 18.2 Å². The minimum atomic E-state index is -0.0254. The van der Waals surface area contributed by atoms with Crippen LogP contribution in [-0.2, 0) is 11.3 Å². The van der Waals surface area contributed by atoms with Crippen LogP contribution in [0.4, 0.5) is 0 Å². The molecule has 1 aliphatic rings. The maximum absolute atomic E-state index is 13.0. The van der Waals surface area contributed by atoms with Crippen molar-refractivity contribution >= 4 is 11.6 Å². The van der Waals surface area contributed by atoms with E-state index in [2.05, 4.69) is 4.98 Å². The molecule has 4 rings (SSSR count). The van der Waals surface area contributed by atoms with Gasteiger partial charge in [-0.3, -0.25) is 4.79 Å². The molecule has 1 aliphatic heterocycles. The van der Waals surface area contributed by atoms with Crippen molar-refractivity contribution in [2.75, 3.05) is 13.1 Å². The number of fused-ring (bicyclic) bond motifs is 1. The van der Waals surface area contributed by atoms with Crippen molar-refractivity contribution in [2.45, 2.75) is 32.7 Å². The number of nitrogens with zero attached hydrogens (tertiary/aromatic N) is 3. The molecule has 27 heavy (non-hydrogen) atoms. The topological polar surface area (TPSA) is 56.1 Å². The first-order chi connectivity index (χ1) is 13.1. The van der Waals surface area contributed by atoms with Crippen molar-refractivity contribution < 1.29 is 14.3 Å². The minimum absolute atomic E-state index is 0.0254. The molecule has 1 saturated heterocycles. The highest BCUT2D eigenvalue weighted by Gasteiger charge is 2.28. The monoisotopic (exact) mass is 365 g/mol. The van der Waals surface area contributed by atoms with Crippen molar-refractivity contribution in [3.63, 3.8) is 0 Å². The maximum atomic E-state index is 13.0. The molecule has 0 spiro atoms. The third-order valence-corrected chi connectivity index (χ3v) is 4.61. The van der Waals surface area contributed by atoms with E-state index in [-0.39, 0.29) is 18.1 Å². The number of aromatic nitrogens is 2. The van der Waals surface area contributed by atoms with E-state index in [4.69, 9.17) is 9.47 Å². The number of carbonyl (C=O) groups is 1. The lowest BCUT2D eigenvalue weighted by atomic mass is 10.1. The van der Waals surface area contributed by atoms with Gasteiger partial charge in [0.25, 0.3) is 5.91 Å². The number of morpholine rings is 1. The molecule has 1 fully saturated rings. The number of ether oxygens (including phenoxy) is 2. The maximum Gasteiger partial charge on any atom is 0.257 e. The van der Waals surface area contributed by atoms with E-state index in [1.807, 2.05) is 78.0 Å².